The van der Waals surface area contributed by atoms with Crippen LogP contribution in [0.2, 0.25) is 0 Å². The van der Waals surface area contributed by atoms with E-state index < -0.39 is 0 Å². The molecule has 38 heavy (non-hydrogen) atoms. The molecule has 7 rings (SSSR count). The molecule has 1 saturated heterocycles. The fourth-order valence-corrected chi connectivity index (χ4v) is 5.87. The van der Waals surface area contributed by atoms with Gasteiger partial charge in [-0.15, -0.1) is 0 Å². The lowest BCUT2D eigenvalue weighted by atomic mass is 9.96. The number of benzene rings is 3. The zero-order valence-corrected chi connectivity index (χ0v) is 21.7. The van der Waals surface area contributed by atoms with Crippen LogP contribution in [0.25, 0.3) is 33.6 Å². The Kier molecular flexibility index (Phi) is 5.51. The van der Waals surface area contributed by atoms with Crippen molar-refractivity contribution >= 4 is 17.4 Å². The number of piperazine rings is 1. The van der Waals surface area contributed by atoms with Crippen molar-refractivity contribution in [2.45, 2.75) is 19.8 Å². The fraction of sp³-hybridized carbons (Fsp3) is 0.281. The Morgan fingerprint density at radius 3 is 2.16 bits per heavy atom. The molecular weight excluding hydrogens is 470 g/mol. The van der Waals surface area contributed by atoms with E-state index in [1.165, 1.54) is 25.1 Å². The SMILES string of the molecule is Cc1ccc(-c2nc(N)nc3c2C(=O)c2cccc(-c4ccc(N5CCN(CC6CC6)CC5)cc4)c2-3)cc1. The average Bonchev–Trinajstić information content (AvgIpc) is 3.72. The minimum Gasteiger partial charge on any atom is -0.369 e. The van der Waals surface area contributed by atoms with Crippen molar-refractivity contribution in [3.05, 3.63) is 83.4 Å². The maximum atomic E-state index is 13.7. The summed E-state index contributed by atoms with van der Waals surface area (Å²) < 4.78 is 0. The predicted octanol–water partition coefficient (Wildman–Crippen LogP) is 5.44. The quantitative estimate of drug-likeness (QED) is 0.345. The number of aryl methyl sites for hydroxylation is 1. The Balaban J connectivity index is 1.22. The van der Waals surface area contributed by atoms with Crippen LogP contribution in [0.15, 0.2) is 66.7 Å². The zero-order chi connectivity index (χ0) is 25.8. The van der Waals surface area contributed by atoms with Crippen molar-refractivity contribution < 1.29 is 4.79 Å². The summed E-state index contributed by atoms with van der Waals surface area (Å²) >= 11 is 0. The Morgan fingerprint density at radius 2 is 1.45 bits per heavy atom. The van der Waals surface area contributed by atoms with Gasteiger partial charge >= 0.3 is 0 Å². The number of hydrogen-bond donors (Lipinski definition) is 1. The molecule has 190 valence electrons. The van der Waals surface area contributed by atoms with Crippen LogP contribution in [0.4, 0.5) is 11.6 Å². The van der Waals surface area contributed by atoms with Gasteiger partial charge in [0.25, 0.3) is 0 Å². The van der Waals surface area contributed by atoms with Crippen LogP contribution in [-0.2, 0) is 0 Å². The summed E-state index contributed by atoms with van der Waals surface area (Å²) in [6, 6.07) is 22.6. The molecule has 0 radical (unpaired) electrons. The number of nitrogens with two attached hydrogens (primary N) is 1. The van der Waals surface area contributed by atoms with Crippen molar-refractivity contribution in [3.63, 3.8) is 0 Å². The Hall–Kier alpha value is -4.03. The molecule has 0 spiro atoms. The second-order valence-electron chi connectivity index (χ2n) is 10.9. The highest BCUT2D eigenvalue weighted by Gasteiger charge is 2.34. The summed E-state index contributed by atoms with van der Waals surface area (Å²) in [6.07, 6.45) is 2.82. The van der Waals surface area contributed by atoms with Crippen LogP contribution in [0.5, 0.6) is 0 Å². The molecule has 2 aliphatic carbocycles. The second-order valence-corrected chi connectivity index (χ2v) is 10.9. The molecule has 6 heteroatoms. The first-order chi connectivity index (χ1) is 18.5. The number of nitrogen functional groups attached to an aromatic ring is 1. The van der Waals surface area contributed by atoms with E-state index in [0.717, 1.165) is 59.9 Å². The highest BCUT2D eigenvalue weighted by molar-refractivity contribution is 6.25. The number of carbonyl (C=O) groups is 1. The summed E-state index contributed by atoms with van der Waals surface area (Å²) in [6.45, 7) is 7.70. The highest BCUT2D eigenvalue weighted by atomic mass is 16.1. The normalized spacial score (nSPS) is 17.0. The van der Waals surface area contributed by atoms with Crippen LogP contribution in [-0.4, -0.2) is 53.4 Å². The maximum absolute atomic E-state index is 13.7. The third-order valence-corrected chi connectivity index (χ3v) is 8.15. The topological polar surface area (TPSA) is 75.3 Å². The highest BCUT2D eigenvalue weighted by Crippen LogP contribution is 2.45. The van der Waals surface area contributed by atoms with E-state index in [1.54, 1.807) is 0 Å². The molecule has 0 unspecified atom stereocenters. The van der Waals surface area contributed by atoms with Crippen LogP contribution in [0, 0.1) is 12.8 Å². The van der Waals surface area contributed by atoms with E-state index in [2.05, 4.69) is 50.1 Å². The monoisotopic (exact) mass is 501 g/mol. The standard InChI is InChI=1S/C32H31N5O/c1-20-5-9-23(10-6-20)29-28-30(35-32(33)34-29)27-25(3-2-4-26(27)31(28)38)22-11-13-24(14-12-22)37-17-15-36(16-18-37)19-21-7-8-21/h2-6,9-14,21H,7-8,15-19H2,1H3,(H2,33,34,35). The van der Waals surface area contributed by atoms with Gasteiger partial charge in [0.05, 0.1) is 17.0 Å². The molecule has 3 aliphatic rings. The molecule has 2 heterocycles. The number of hydrogen-bond acceptors (Lipinski definition) is 6. The third-order valence-electron chi connectivity index (χ3n) is 8.15. The summed E-state index contributed by atoms with van der Waals surface area (Å²) in [5.74, 6) is 1.07. The van der Waals surface area contributed by atoms with E-state index in [-0.39, 0.29) is 11.7 Å². The summed E-state index contributed by atoms with van der Waals surface area (Å²) in [7, 11) is 0. The van der Waals surface area contributed by atoms with Gasteiger partial charge in [-0.1, -0.05) is 60.2 Å². The summed E-state index contributed by atoms with van der Waals surface area (Å²) in [5.41, 5.74) is 14.8. The van der Waals surface area contributed by atoms with Crippen molar-refractivity contribution in [1.29, 1.82) is 0 Å². The minimum absolute atomic E-state index is 0.0480. The van der Waals surface area contributed by atoms with E-state index in [1.807, 2.05) is 43.3 Å². The van der Waals surface area contributed by atoms with Crippen molar-refractivity contribution in [2.24, 2.45) is 5.92 Å². The first-order valence-electron chi connectivity index (χ1n) is 13.6. The maximum Gasteiger partial charge on any atom is 0.221 e. The van der Waals surface area contributed by atoms with Crippen LogP contribution < -0.4 is 10.6 Å². The zero-order valence-electron chi connectivity index (χ0n) is 21.7. The van der Waals surface area contributed by atoms with E-state index in [0.29, 0.717) is 22.5 Å². The van der Waals surface area contributed by atoms with Crippen LogP contribution >= 0.6 is 0 Å². The number of anilines is 2. The first kappa shape index (κ1) is 23.1. The Bertz CT molecular complexity index is 1530. The lowest BCUT2D eigenvalue weighted by Gasteiger charge is -2.36. The molecule has 0 amide bonds. The summed E-state index contributed by atoms with van der Waals surface area (Å²) in [5, 5.41) is 0. The first-order valence-corrected chi connectivity index (χ1v) is 13.6. The number of aromatic nitrogens is 2. The summed E-state index contributed by atoms with van der Waals surface area (Å²) in [4.78, 5) is 27.9. The molecule has 4 aromatic rings. The lowest BCUT2D eigenvalue weighted by molar-refractivity contribution is 0.104. The van der Waals surface area contributed by atoms with Crippen molar-refractivity contribution in [2.75, 3.05) is 43.4 Å². The number of fused-ring (bicyclic) bond motifs is 3. The average molecular weight is 502 g/mol. The molecule has 0 atom stereocenters. The van der Waals surface area contributed by atoms with Gasteiger partial charge < -0.3 is 10.6 Å². The van der Waals surface area contributed by atoms with Gasteiger partial charge in [-0.2, -0.15) is 0 Å². The van der Waals surface area contributed by atoms with Gasteiger partial charge in [-0.05, 0) is 48.9 Å². The number of ketones is 1. The Labute approximate surface area is 223 Å². The van der Waals surface area contributed by atoms with E-state index >= 15 is 0 Å². The number of carbonyl (C=O) groups excluding carboxylic acids is 1. The van der Waals surface area contributed by atoms with Crippen molar-refractivity contribution in [1.82, 2.24) is 14.9 Å². The van der Waals surface area contributed by atoms with Gasteiger partial charge in [-0.25, -0.2) is 9.97 Å². The molecule has 1 aliphatic heterocycles. The molecule has 0 bridgehead atoms. The molecule has 2 N–H and O–H groups in total. The molecule has 1 aromatic heterocycles. The fourth-order valence-electron chi connectivity index (χ4n) is 5.87. The van der Waals surface area contributed by atoms with Gasteiger partial charge in [-0.3, -0.25) is 9.69 Å². The number of rotatable bonds is 5. The van der Waals surface area contributed by atoms with Crippen molar-refractivity contribution in [3.8, 4) is 33.6 Å². The number of nitrogens with zero attached hydrogens (tertiary/aromatic N) is 4. The molecule has 1 saturated carbocycles. The van der Waals surface area contributed by atoms with Gasteiger partial charge in [0.15, 0.2) is 5.78 Å². The second kappa shape index (κ2) is 9.07. The molecule has 2 fully saturated rings. The smallest absolute Gasteiger partial charge is 0.221 e. The Morgan fingerprint density at radius 1 is 0.789 bits per heavy atom. The van der Waals surface area contributed by atoms with Crippen LogP contribution in [0.1, 0.15) is 34.3 Å². The third kappa shape index (κ3) is 4.05. The van der Waals surface area contributed by atoms with Crippen LogP contribution in [0.3, 0.4) is 0 Å². The van der Waals surface area contributed by atoms with E-state index in [9.17, 15) is 4.79 Å². The predicted molar refractivity (Wildman–Crippen MR) is 152 cm³/mol. The van der Waals surface area contributed by atoms with Gasteiger partial charge in [0.2, 0.25) is 5.95 Å². The van der Waals surface area contributed by atoms with E-state index in [4.69, 9.17) is 5.73 Å². The van der Waals surface area contributed by atoms with Gasteiger partial charge in [0.1, 0.15) is 0 Å². The van der Waals surface area contributed by atoms with Gasteiger partial charge in [0, 0.05) is 55.1 Å². The lowest BCUT2D eigenvalue weighted by Crippen LogP contribution is -2.47. The molecule has 3 aromatic carbocycles. The molecular formula is C32H31N5O. The molecule has 6 nitrogen and oxygen atoms in total. The largest absolute Gasteiger partial charge is 0.369 e. The minimum atomic E-state index is -0.0480.